The molecule has 0 aromatic heterocycles. The molecule has 2 nitrogen and oxygen atoms in total. The fourth-order valence-electron chi connectivity index (χ4n) is 2.02. The van der Waals surface area contributed by atoms with Crippen LogP contribution in [0.4, 0.5) is 5.69 Å². The van der Waals surface area contributed by atoms with Crippen LogP contribution in [0.25, 0.3) is 0 Å². The first-order valence-corrected chi connectivity index (χ1v) is 8.64. The lowest BCUT2D eigenvalue weighted by molar-refractivity contribution is 0.318. The Bertz CT molecular complexity index is 486. The molecule has 0 spiro atoms. The molecule has 0 saturated heterocycles. The zero-order valence-corrected chi connectivity index (χ0v) is 14.3. The maximum absolute atomic E-state index is 6.09. The van der Waals surface area contributed by atoms with E-state index in [0.29, 0.717) is 10.4 Å². The highest BCUT2D eigenvalue weighted by molar-refractivity contribution is 9.10. The van der Waals surface area contributed by atoms with Crippen molar-refractivity contribution in [1.29, 1.82) is 0 Å². The molecule has 0 saturated carbocycles. The van der Waals surface area contributed by atoms with Crippen molar-refractivity contribution in [2.24, 2.45) is 10.4 Å². The minimum atomic E-state index is 0.376. The Hall–Kier alpha value is -0.190. The van der Waals surface area contributed by atoms with Crippen molar-refractivity contribution < 1.29 is 0 Å². The molecule has 0 radical (unpaired) electrons. The molecular formula is C14H18BrClN2S. The highest BCUT2D eigenvalue weighted by Crippen LogP contribution is 2.36. The highest BCUT2D eigenvalue weighted by atomic mass is 79.9. The number of aliphatic imine (C=N–C) groups is 1. The van der Waals surface area contributed by atoms with Crippen LogP contribution in [0.15, 0.2) is 27.7 Å². The maximum atomic E-state index is 6.09. The van der Waals surface area contributed by atoms with Gasteiger partial charge in [-0.1, -0.05) is 43.3 Å². The highest BCUT2D eigenvalue weighted by Gasteiger charge is 2.30. The largest absolute Gasteiger partial charge is 0.334 e. The lowest BCUT2D eigenvalue weighted by Crippen LogP contribution is -2.32. The van der Waals surface area contributed by atoms with Gasteiger partial charge in [-0.05, 0) is 46.3 Å². The fourth-order valence-corrected chi connectivity index (χ4v) is 3.84. The predicted molar refractivity (Wildman–Crippen MR) is 90.5 cm³/mol. The lowest BCUT2D eigenvalue weighted by atomic mass is 9.84. The van der Waals surface area contributed by atoms with Gasteiger partial charge in [0.15, 0.2) is 5.17 Å². The molecule has 1 aliphatic rings. The molecule has 5 heteroatoms. The molecule has 1 heterocycles. The van der Waals surface area contributed by atoms with Crippen molar-refractivity contribution in [1.82, 2.24) is 0 Å². The van der Waals surface area contributed by atoms with Crippen LogP contribution in [-0.4, -0.2) is 17.5 Å². The Balaban J connectivity index is 2.09. The van der Waals surface area contributed by atoms with Crippen molar-refractivity contribution in [3.05, 3.63) is 27.7 Å². The molecule has 1 aliphatic heterocycles. The molecule has 0 fully saturated rings. The van der Waals surface area contributed by atoms with E-state index < -0.39 is 0 Å². The summed E-state index contributed by atoms with van der Waals surface area (Å²) in [5.74, 6) is 1.13. The molecule has 1 aromatic carbocycles. The van der Waals surface area contributed by atoms with Gasteiger partial charge in [-0.2, -0.15) is 0 Å². The van der Waals surface area contributed by atoms with Gasteiger partial charge in [-0.3, -0.25) is 4.99 Å². The molecule has 104 valence electrons. The summed E-state index contributed by atoms with van der Waals surface area (Å²) >= 11 is 11.4. The molecule has 1 N–H and O–H groups in total. The van der Waals surface area contributed by atoms with E-state index in [-0.39, 0.29) is 0 Å². The summed E-state index contributed by atoms with van der Waals surface area (Å²) in [5, 5.41) is 5.06. The molecule has 0 bridgehead atoms. The minimum Gasteiger partial charge on any atom is -0.334 e. The number of thioether (sulfide) groups is 1. The number of hydrogen-bond donors (Lipinski definition) is 1. The average Bonchev–Trinajstić information content (AvgIpc) is 2.45. The second-order valence-electron chi connectivity index (χ2n) is 4.84. The van der Waals surface area contributed by atoms with E-state index in [1.807, 2.05) is 18.2 Å². The summed E-state index contributed by atoms with van der Waals surface area (Å²) in [4.78, 5) is 4.70. The van der Waals surface area contributed by atoms with Gasteiger partial charge in [0.25, 0.3) is 0 Å². The van der Waals surface area contributed by atoms with E-state index in [0.717, 1.165) is 27.6 Å². The molecule has 0 aliphatic carbocycles. The van der Waals surface area contributed by atoms with Crippen LogP contribution in [0, 0.1) is 5.41 Å². The van der Waals surface area contributed by atoms with Crippen LogP contribution in [0.1, 0.15) is 26.7 Å². The third kappa shape index (κ3) is 3.47. The normalized spacial score (nSPS) is 18.0. The van der Waals surface area contributed by atoms with E-state index in [4.69, 9.17) is 16.6 Å². The number of halogens is 2. The van der Waals surface area contributed by atoms with Crippen molar-refractivity contribution in [2.45, 2.75) is 26.7 Å². The topological polar surface area (TPSA) is 24.4 Å². The minimum absolute atomic E-state index is 0.376. The molecular weight excluding hydrogens is 344 g/mol. The second-order valence-corrected chi connectivity index (χ2v) is 7.01. The monoisotopic (exact) mass is 360 g/mol. The summed E-state index contributed by atoms with van der Waals surface area (Å²) in [6.45, 7) is 5.42. The molecule has 0 unspecified atom stereocenters. The Labute approximate surface area is 132 Å². The number of rotatable bonds is 3. The molecule has 0 atom stereocenters. The van der Waals surface area contributed by atoms with Gasteiger partial charge in [0.2, 0.25) is 0 Å². The number of benzene rings is 1. The molecule has 19 heavy (non-hydrogen) atoms. The summed E-state index contributed by atoms with van der Waals surface area (Å²) in [5.41, 5.74) is 1.35. The van der Waals surface area contributed by atoms with Gasteiger partial charge in [0.1, 0.15) is 0 Å². The van der Waals surface area contributed by atoms with E-state index in [9.17, 15) is 0 Å². The van der Waals surface area contributed by atoms with E-state index in [1.54, 1.807) is 11.8 Å². The lowest BCUT2D eigenvalue weighted by Gasteiger charge is -2.33. The summed E-state index contributed by atoms with van der Waals surface area (Å²) in [7, 11) is 0. The smallest absolute Gasteiger partial charge is 0.161 e. The first-order valence-electron chi connectivity index (χ1n) is 6.48. The maximum Gasteiger partial charge on any atom is 0.161 e. The number of nitrogens with one attached hydrogen (secondary N) is 1. The molecule has 2 rings (SSSR count). The van der Waals surface area contributed by atoms with Gasteiger partial charge in [0, 0.05) is 12.3 Å². The second kappa shape index (κ2) is 6.51. The van der Waals surface area contributed by atoms with Crippen molar-refractivity contribution in [3.8, 4) is 0 Å². The van der Waals surface area contributed by atoms with Gasteiger partial charge in [-0.15, -0.1) is 0 Å². The molecule has 1 aromatic rings. The zero-order valence-electron chi connectivity index (χ0n) is 11.2. The van der Waals surface area contributed by atoms with Gasteiger partial charge < -0.3 is 5.32 Å². The number of amidine groups is 1. The number of anilines is 1. The van der Waals surface area contributed by atoms with Crippen LogP contribution < -0.4 is 5.32 Å². The van der Waals surface area contributed by atoms with Crippen molar-refractivity contribution in [3.63, 3.8) is 0 Å². The number of nitrogens with zero attached hydrogens (tertiary/aromatic N) is 1. The average molecular weight is 362 g/mol. The first kappa shape index (κ1) is 15.2. The van der Waals surface area contributed by atoms with E-state index >= 15 is 0 Å². The van der Waals surface area contributed by atoms with Crippen molar-refractivity contribution in [2.75, 3.05) is 17.6 Å². The van der Waals surface area contributed by atoms with Crippen molar-refractivity contribution >= 4 is 50.1 Å². The Morgan fingerprint density at radius 3 is 2.74 bits per heavy atom. The number of hydrogen-bond acceptors (Lipinski definition) is 3. The summed E-state index contributed by atoms with van der Waals surface area (Å²) in [6, 6.07) is 5.80. The van der Waals surface area contributed by atoms with Crippen LogP contribution in [0.5, 0.6) is 0 Å². The van der Waals surface area contributed by atoms with Crippen LogP contribution >= 0.6 is 39.3 Å². The SMILES string of the molecule is CCC1(CC)CN=C(Nc2cccc(Cl)c2Br)SC1. The predicted octanol–water partition coefficient (Wildman–Crippen LogP) is 5.42. The first-order chi connectivity index (χ1) is 9.10. The van der Waals surface area contributed by atoms with Gasteiger partial charge in [-0.25, -0.2) is 0 Å². The molecule has 0 amide bonds. The standard InChI is InChI=1S/C14H18BrClN2S/c1-3-14(4-2)8-17-13(19-9-14)18-11-7-5-6-10(16)12(11)15/h5-7H,3-4,8-9H2,1-2H3,(H,17,18). The summed E-state index contributed by atoms with van der Waals surface area (Å²) < 4.78 is 0.891. The fraction of sp³-hybridized carbons (Fsp3) is 0.500. The van der Waals surface area contributed by atoms with Crippen LogP contribution in [-0.2, 0) is 0 Å². The Morgan fingerprint density at radius 2 is 2.16 bits per heavy atom. The quantitative estimate of drug-likeness (QED) is 0.777. The van der Waals surface area contributed by atoms with Crippen LogP contribution in [0.2, 0.25) is 5.02 Å². The van der Waals surface area contributed by atoms with E-state index in [1.165, 1.54) is 12.8 Å². The van der Waals surface area contributed by atoms with Gasteiger partial charge in [0.05, 0.1) is 15.2 Å². The Morgan fingerprint density at radius 1 is 1.42 bits per heavy atom. The van der Waals surface area contributed by atoms with Gasteiger partial charge >= 0.3 is 0 Å². The zero-order chi connectivity index (χ0) is 13.9. The Kier molecular flexibility index (Phi) is 5.21. The summed E-state index contributed by atoms with van der Waals surface area (Å²) in [6.07, 6.45) is 2.38. The van der Waals surface area contributed by atoms with Crippen LogP contribution in [0.3, 0.4) is 0 Å². The van der Waals surface area contributed by atoms with E-state index in [2.05, 4.69) is 35.1 Å². The third-order valence-electron chi connectivity index (χ3n) is 3.77. The third-order valence-corrected chi connectivity index (χ3v) is 6.43.